The monoisotopic (exact) mass is 394 g/mol. The molecule has 0 radical (unpaired) electrons. The van der Waals surface area contributed by atoms with Crippen molar-refractivity contribution in [2.45, 2.75) is 0 Å². The van der Waals surface area contributed by atoms with Crippen molar-refractivity contribution in [2.24, 2.45) is 0 Å². The van der Waals surface area contributed by atoms with Crippen LogP contribution in [0, 0.1) is 0 Å². The average molecular weight is 398 g/mol. The molecule has 7 heteroatoms. The predicted octanol–water partition coefficient (Wildman–Crippen LogP) is 3.44. The van der Waals surface area contributed by atoms with Gasteiger partial charge in [0.05, 0.1) is 0 Å². The molecular formula is P4Zr3. The summed E-state index contributed by atoms with van der Waals surface area (Å²) in [6.45, 7) is 0. The van der Waals surface area contributed by atoms with Crippen LogP contribution < -0.4 is 0 Å². The van der Waals surface area contributed by atoms with Gasteiger partial charge in [-0.1, -0.05) is 0 Å². The second-order valence-corrected chi connectivity index (χ2v) is 0. The zero-order valence-electron chi connectivity index (χ0n) is 3.29. The molecule has 0 bridgehead atoms. The van der Waals surface area contributed by atoms with E-state index in [1.807, 2.05) is 0 Å². The Balaban J connectivity index is 0. The predicted molar refractivity (Wildman–Crippen MR) is 27.7 cm³/mol. The minimum absolute atomic E-state index is 0. The van der Waals surface area contributed by atoms with Crippen molar-refractivity contribution in [1.29, 1.82) is 0 Å². The van der Waals surface area contributed by atoms with Crippen LogP contribution in [0.3, 0.4) is 0 Å². The molecule has 7 heavy (non-hydrogen) atoms. The summed E-state index contributed by atoms with van der Waals surface area (Å²) in [5.74, 6) is 0. The molecule has 0 atom stereocenters. The summed E-state index contributed by atoms with van der Waals surface area (Å²) in [5.41, 5.74) is 0. The van der Waals surface area contributed by atoms with E-state index >= 15 is 0 Å². The van der Waals surface area contributed by atoms with Gasteiger partial charge in [-0.15, -0.1) is 0 Å². The number of hydrogen-bond acceptors (Lipinski definition) is 0. The first-order valence-corrected chi connectivity index (χ1v) is 0. The summed E-state index contributed by atoms with van der Waals surface area (Å²) >= 11 is 0. The van der Waals surface area contributed by atoms with Gasteiger partial charge >= 0.3 is 78.6 Å². The van der Waals surface area contributed by atoms with Gasteiger partial charge in [-0.05, 0) is 0 Å². The third-order valence-electron chi connectivity index (χ3n) is 0. The van der Waals surface area contributed by atoms with E-state index in [1.165, 1.54) is 0 Å². The van der Waals surface area contributed by atoms with E-state index in [9.17, 15) is 0 Å². The van der Waals surface area contributed by atoms with Crippen molar-refractivity contribution < 1.29 is 78.6 Å². The van der Waals surface area contributed by atoms with Crippen LogP contribution in [0.1, 0.15) is 0 Å². The van der Waals surface area contributed by atoms with Gasteiger partial charge in [-0.3, -0.25) is 0 Å². The van der Waals surface area contributed by atoms with E-state index in [0.717, 1.165) is 0 Å². The van der Waals surface area contributed by atoms with Crippen molar-refractivity contribution in [3.05, 3.63) is 0 Å². The van der Waals surface area contributed by atoms with E-state index in [4.69, 9.17) is 0 Å². The van der Waals surface area contributed by atoms with Gasteiger partial charge in [0.2, 0.25) is 0 Å². The topological polar surface area (TPSA) is 0 Å². The van der Waals surface area contributed by atoms with Crippen molar-refractivity contribution in [1.82, 2.24) is 0 Å². The average Bonchev–Trinajstić information content (AvgIpc) is 0. The molecule has 0 aliphatic rings. The molecule has 0 amide bonds. The number of rotatable bonds is 0. The van der Waals surface area contributed by atoms with Gasteiger partial charge in [-0.2, -0.15) is 0 Å². The molecule has 0 saturated carbocycles. The van der Waals surface area contributed by atoms with Gasteiger partial charge in [0.15, 0.2) is 0 Å². The largest absolute Gasteiger partial charge is 4.00 e. The first kappa shape index (κ1) is 64.0. The van der Waals surface area contributed by atoms with Crippen LogP contribution in [-0.2, 0) is 78.6 Å². The summed E-state index contributed by atoms with van der Waals surface area (Å²) in [7, 11) is 0. The van der Waals surface area contributed by atoms with E-state index in [0.29, 0.717) is 0 Å². The first-order chi connectivity index (χ1) is 0. The van der Waals surface area contributed by atoms with E-state index < -0.39 is 0 Å². The Morgan fingerprint density at radius 2 is 0.286 bits per heavy atom. The summed E-state index contributed by atoms with van der Waals surface area (Å²) in [6, 6.07) is 0. The van der Waals surface area contributed by atoms with Crippen molar-refractivity contribution in [2.75, 3.05) is 0 Å². The van der Waals surface area contributed by atoms with Crippen LogP contribution in [0.5, 0.6) is 0 Å². The Bertz CT molecular complexity index is 6.90. The molecule has 32 valence electrons. The second kappa shape index (κ2) is 47.7. The van der Waals surface area contributed by atoms with Crippen LogP contribution >= 0.6 is 39.6 Å². The van der Waals surface area contributed by atoms with Crippen molar-refractivity contribution >= 4 is 39.6 Å². The molecule has 0 rings (SSSR count). The van der Waals surface area contributed by atoms with Gasteiger partial charge in [0, 0.05) is 0 Å². The van der Waals surface area contributed by atoms with Gasteiger partial charge < -0.3 is 39.6 Å². The van der Waals surface area contributed by atoms with E-state index in [1.54, 1.807) is 0 Å². The van der Waals surface area contributed by atoms with Gasteiger partial charge in [0.1, 0.15) is 0 Å². The van der Waals surface area contributed by atoms with Crippen LogP contribution in [0.15, 0.2) is 0 Å². The maximum atomic E-state index is 0. The molecule has 0 aromatic carbocycles. The minimum atomic E-state index is 0. The Morgan fingerprint density at radius 3 is 0.286 bits per heavy atom. The fourth-order valence-electron chi connectivity index (χ4n) is 0. The SMILES string of the molecule is [P-3].[P-3].[P-3].[P-3].[Zr+4].[Zr+4].[Zr+4]. The van der Waals surface area contributed by atoms with Gasteiger partial charge in [0.25, 0.3) is 0 Å². The first-order valence-electron chi connectivity index (χ1n) is 0. The van der Waals surface area contributed by atoms with Crippen LogP contribution in [-0.4, -0.2) is 0 Å². The summed E-state index contributed by atoms with van der Waals surface area (Å²) < 4.78 is 0. The molecule has 0 saturated heterocycles. The molecule has 0 nitrogen and oxygen atoms in total. The standard InChI is InChI=1S/4P.3Zr/q4*-3;3*+4. The number of hydrogen-bond donors (Lipinski definition) is 0. The molecule has 0 aliphatic carbocycles. The Labute approximate surface area is 116 Å². The summed E-state index contributed by atoms with van der Waals surface area (Å²) in [5, 5.41) is 0. The zero-order chi connectivity index (χ0) is 0. The normalized spacial score (nSPS) is 0. The molecule has 0 unspecified atom stereocenters. The van der Waals surface area contributed by atoms with Crippen LogP contribution in [0.4, 0.5) is 0 Å². The summed E-state index contributed by atoms with van der Waals surface area (Å²) in [4.78, 5) is 0. The molecular weight excluding hydrogens is 398 g/mol. The third-order valence-corrected chi connectivity index (χ3v) is 0. The Kier molecular flexibility index (Phi) is 436. The second-order valence-electron chi connectivity index (χ2n) is 0. The van der Waals surface area contributed by atoms with Gasteiger partial charge in [-0.25, -0.2) is 0 Å². The molecule has 0 heterocycles. The molecule has 0 fully saturated rings. The summed E-state index contributed by atoms with van der Waals surface area (Å²) in [6.07, 6.45) is 0. The quantitative estimate of drug-likeness (QED) is 0.550. The van der Waals surface area contributed by atoms with Crippen molar-refractivity contribution in [3.63, 3.8) is 0 Å². The molecule has 0 aliphatic heterocycles. The minimum Gasteiger partial charge on any atom is -3.00 e. The maximum Gasteiger partial charge on any atom is 4.00 e. The Morgan fingerprint density at radius 1 is 0.286 bits per heavy atom. The fourth-order valence-corrected chi connectivity index (χ4v) is 0. The molecule has 0 aromatic heterocycles. The zero-order valence-corrected chi connectivity index (χ0v) is 14.2. The molecule has 0 spiro atoms. The Hall–Kier alpha value is 4.37. The van der Waals surface area contributed by atoms with E-state index in [-0.39, 0.29) is 118 Å². The smallest absolute Gasteiger partial charge is 3.00 e. The maximum absolute atomic E-state index is 0. The third kappa shape index (κ3) is 38.0. The van der Waals surface area contributed by atoms with Crippen LogP contribution in [0.25, 0.3) is 0 Å². The van der Waals surface area contributed by atoms with Crippen molar-refractivity contribution in [3.8, 4) is 0 Å². The van der Waals surface area contributed by atoms with Crippen LogP contribution in [0.2, 0.25) is 0 Å². The molecule has 0 aromatic rings. The van der Waals surface area contributed by atoms with E-state index in [2.05, 4.69) is 0 Å². The fraction of sp³-hybridized carbons (Fsp3) is 0. The molecule has 0 N–H and O–H groups in total.